The maximum atomic E-state index is 14.5. The van der Waals surface area contributed by atoms with Crippen LogP contribution in [0.25, 0.3) is 0 Å². The van der Waals surface area contributed by atoms with Crippen LogP contribution < -0.4 is 20.1 Å². The predicted molar refractivity (Wildman–Crippen MR) is 195 cm³/mol. The van der Waals surface area contributed by atoms with E-state index < -0.39 is 67.7 Å². The Hall–Kier alpha value is -4.10. The average Bonchev–Trinajstić information content (AvgIpc) is 3.98. The first-order chi connectivity index (χ1) is 24.5. The molecule has 52 heavy (non-hydrogen) atoms. The molecule has 14 heteroatoms. The van der Waals surface area contributed by atoms with Crippen LogP contribution in [0.3, 0.4) is 0 Å². The Bertz CT molecular complexity index is 1890. The van der Waals surface area contributed by atoms with Crippen LogP contribution in [0.15, 0.2) is 54.6 Å². The van der Waals surface area contributed by atoms with Crippen LogP contribution in [0.4, 0.5) is 4.79 Å². The van der Waals surface area contributed by atoms with E-state index in [4.69, 9.17) is 21.1 Å². The molecule has 0 aromatic heterocycles. The van der Waals surface area contributed by atoms with Crippen molar-refractivity contribution in [2.24, 2.45) is 5.92 Å². The molecule has 2 heterocycles. The first kappa shape index (κ1) is 37.7. The fourth-order valence-electron chi connectivity index (χ4n) is 6.78. The summed E-state index contributed by atoms with van der Waals surface area (Å²) in [5.74, 6) is -1.25. The molecule has 0 bridgehead atoms. The number of sulfonamides is 1. The van der Waals surface area contributed by atoms with Crippen molar-refractivity contribution in [3.8, 4) is 11.5 Å². The van der Waals surface area contributed by atoms with E-state index >= 15 is 0 Å². The van der Waals surface area contributed by atoms with Crippen molar-refractivity contribution < 1.29 is 37.1 Å². The molecule has 6 rings (SSSR count). The molecular formula is C38H47ClN4O8S. The molecule has 2 aromatic carbocycles. The summed E-state index contributed by atoms with van der Waals surface area (Å²) in [6.45, 7) is 6.84. The third kappa shape index (κ3) is 8.41. The molecule has 0 unspecified atom stereocenters. The molecule has 2 fully saturated rings. The SMILES string of the molecule is CC(C)(C)OC(=O)N[C@H]1CCCCC/C=C\[C@@H]2C[C@@]2(C(=O)NS(=O)(=O)C2(C)CC2)NC(=O)[C@@H]2Cc3cc(Oc4cccc(Cl)c4)ccc3CN2C1=O. The van der Waals surface area contributed by atoms with Crippen molar-refractivity contribution in [3.05, 3.63) is 70.8 Å². The number of hydrogen-bond donors (Lipinski definition) is 3. The third-order valence-electron chi connectivity index (χ3n) is 10.2. The Kier molecular flexibility index (Phi) is 10.4. The third-order valence-corrected chi connectivity index (χ3v) is 12.6. The lowest BCUT2D eigenvalue weighted by atomic mass is 9.91. The Morgan fingerprint density at radius 2 is 1.77 bits per heavy atom. The highest BCUT2D eigenvalue weighted by Crippen LogP contribution is 2.47. The quantitative estimate of drug-likeness (QED) is 0.318. The van der Waals surface area contributed by atoms with E-state index in [2.05, 4.69) is 15.4 Å². The molecule has 2 aliphatic carbocycles. The zero-order chi connectivity index (χ0) is 37.5. The summed E-state index contributed by atoms with van der Waals surface area (Å²) in [6, 6.07) is 10.3. The minimum atomic E-state index is -3.98. The number of amides is 4. The minimum absolute atomic E-state index is 0.0471. The predicted octanol–water partition coefficient (Wildman–Crippen LogP) is 5.67. The van der Waals surface area contributed by atoms with Gasteiger partial charge in [0.1, 0.15) is 34.7 Å². The molecule has 4 aliphatic rings. The number of nitrogens with one attached hydrogen (secondary N) is 3. The highest BCUT2D eigenvalue weighted by Gasteiger charge is 2.63. The summed E-state index contributed by atoms with van der Waals surface area (Å²) in [7, 11) is -3.98. The lowest BCUT2D eigenvalue weighted by Gasteiger charge is -2.39. The van der Waals surface area contributed by atoms with Crippen molar-refractivity contribution in [3.63, 3.8) is 0 Å². The maximum Gasteiger partial charge on any atom is 0.408 e. The lowest BCUT2D eigenvalue weighted by Crippen LogP contribution is -2.61. The number of rotatable bonds is 6. The van der Waals surface area contributed by atoms with Crippen LogP contribution in [0.5, 0.6) is 11.5 Å². The number of alkyl carbamates (subject to hydrolysis) is 1. The summed E-state index contributed by atoms with van der Waals surface area (Å²) < 4.78 is 39.1. The number of nitrogens with zero attached hydrogens (tertiary/aromatic N) is 1. The van der Waals surface area contributed by atoms with Gasteiger partial charge in [-0.3, -0.25) is 19.1 Å². The Morgan fingerprint density at radius 1 is 1.02 bits per heavy atom. The summed E-state index contributed by atoms with van der Waals surface area (Å²) in [6.07, 6.45) is 7.50. The van der Waals surface area contributed by atoms with E-state index in [1.807, 2.05) is 24.3 Å². The standard InChI is InChI=1S/C38H47ClN4O8S/c1-36(2,3)51-35(47)40-30-14-9-7-5-6-8-11-26-22-38(26,34(46)42-52(48,49)37(4)17-18-37)41-32(44)31-20-25-19-29(50-28-13-10-12-27(39)21-28)16-15-24(25)23-43(31)33(30)45/h8,10-13,15-16,19,21,26,30-31H,5-7,9,14,17-18,20,22-23H2,1-4H3,(H,40,47)(H,41,44)(H,42,46)/b11-8-/t26-,30+,31+,38-/m1/s1. The molecule has 0 saturated heterocycles. The molecule has 4 atom stereocenters. The number of halogens is 1. The van der Waals surface area contributed by atoms with Crippen LogP contribution in [0.2, 0.25) is 5.02 Å². The second kappa shape index (κ2) is 14.4. The van der Waals surface area contributed by atoms with Gasteiger partial charge in [-0.25, -0.2) is 13.2 Å². The second-order valence-electron chi connectivity index (χ2n) is 15.6. The number of carbonyl (C=O) groups is 4. The van der Waals surface area contributed by atoms with Gasteiger partial charge in [-0.2, -0.15) is 0 Å². The number of hydrogen-bond acceptors (Lipinski definition) is 8. The Balaban J connectivity index is 1.34. The summed E-state index contributed by atoms with van der Waals surface area (Å²) >= 11 is 6.16. The number of ether oxygens (including phenoxy) is 2. The lowest BCUT2D eigenvalue weighted by molar-refractivity contribution is -0.144. The van der Waals surface area contributed by atoms with Crippen LogP contribution in [-0.4, -0.2) is 65.1 Å². The van der Waals surface area contributed by atoms with E-state index in [0.717, 1.165) is 24.0 Å². The van der Waals surface area contributed by atoms with Crippen molar-refractivity contribution in [2.75, 3.05) is 0 Å². The van der Waals surface area contributed by atoms with E-state index in [9.17, 15) is 27.6 Å². The molecule has 3 N–H and O–H groups in total. The Labute approximate surface area is 310 Å². The average molecular weight is 755 g/mol. The van der Waals surface area contributed by atoms with E-state index in [1.54, 1.807) is 58.0 Å². The van der Waals surface area contributed by atoms with E-state index in [1.165, 1.54) is 4.90 Å². The fraction of sp³-hybridized carbons (Fsp3) is 0.526. The van der Waals surface area contributed by atoms with Gasteiger partial charge in [0.2, 0.25) is 21.8 Å². The molecule has 0 spiro atoms. The van der Waals surface area contributed by atoms with Crippen LogP contribution in [0.1, 0.15) is 90.2 Å². The molecule has 2 aliphatic heterocycles. The van der Waals surface area contributed by atoms with Gasteiger partial charge in [0.15, 0.2) is 0 Å². The summed E-state index contributed by atoms with van der Waals surface area (Å²) in [4.78, 5) is 57.2. The summed E-state index contributed by atoms with van der Waals surface area (Å²) in [5.41, 5.74) is -0.759. The zero-order valence-electron chi connectivity index (χ0n) is 30.0. The van der Waals surface area contributed by atoms with Gasteiger partial charge in [-0.1, -0.05) is 48.7 Å². The molecular weight excluding hydrogens is 708 g/mol. The number of allylic oxidation sites excluding steroid dienone is 1. The molecule has 2 aromatic rings. The van der Waals surface area contributed by atoms with Crippen LogP contribution >= 0.6 is 11.6 Å². The second-order valence-corrected chi connectivity index (χ2v) is 18.2. The maximum absolute atomic E-state index is 14.5. The van der Waals surface area contributed by atoms with Crippen molar-refractivity contribution in [1.29, 1.82) is 0 Å². The van der Waals surface area contributed by atoms with Crippen molar-refractivity contribution in [2.45, 2.75) is 120 Å². The van der Waals surface area contributed by atoms with Gasteiger partial charge in [0, 0.05) is 23.9 Å². The fourth-order valence-corrected chi connectivity index (χ4v) is 8.27. The number of carbonyl (C=O) groups excluding carboxylic acids is 4. The van der Waals surface area contributed by atoms with Gasteiger partial charge >= 0.3 is 6.09 Å². The van der Waals surface area contributed by atoms with Crippen molar-refractivity contribution >= 4 is 45.4 Å². The van der Waals surface area contributed by atoms with Gasteiger partial charge < -0.3 is 25.0 Å². The van der Waals surface area contributed by atoms with E-state index in [-0.39, 0.29) is 19.4 Å². The van der Waals surface area contributed by atoms with Crippen LogP contribution in [-0.2, 0) is 42.1 Å². The first-order valence-electron chi connectivity index (χ1n) is 17.9. The van der Waals surface area contributed by atoms with Gasteiger partial charge in [0.25, 0.3) is 5.91 Å². The normalized spacial score (nSPS) is 26.5. The Morgan fingerprint density at radius 3 is 2.48 bits per heavy atom. The zero-order valence-corrected chi connectivity index (χ0v) is 31.6. The summed E-state index contributed by atoms with van der Waals surface area (Å²) in [5, 5.41) is 6.18. The van der Waals surface area contributed by atoms with Gasteiger partial charge in [-0.15, -0.1) is 0 Å². The van der Waals surface area contributed by atoms with Gasteiger partial charge in [-0.05, 0) is 108 Å². The largest absolute Gasteiger partial charge is 0.457 e. The highest BCUT2D eigenvalue weighted by atomic mass is 35.5. The number of benzene rings is 2. The molecule has 12 nitrogen and oxygen atoms in total. The van der Waals surface area contributed by atoms with Gasteiger partial charge in [0.05, 0.1) is 4.75 Å². The molecule has 2 saturated carbocycles. The first-order valence-corrected chi connectivity index (χ1v) is 19.8. The topological polar surface area (TPSA) is 160 Å². The molecule has 0 radical (unpaired) electrons. The monoisotopic (exact) mass is 754 g/mol. The minimum Gasteiger partial charge on any atom is -0.457 e. The molecule has 4 amide bonds. The highest BCUT2D eigenvalue weighted by molar-refractivity contribution is 7.91. The van der Waals surface area contributed by atoms with E-state index in [0.29, 0.717) is 48.6 Å². The van der Waals surface area contributed by atoms with Crippen LogP contribution in [0, 0.1) is 5.92 Å². The number of fused-ring (bicyclic) bond motifs is 3. The van der Waals surface area contributed by atoms with Crippen molar-refractivity contribution in [1.82, 2.24) is 20.3 Å². The molecule has 280 valence electrons. The smallest absolute Gasteiger partial charge is 0.408 e.